The van der Waals surface area contributed by atoms with Gasteiger partial charge in [0.2, 0.25) is 0 Å². The van der Waals surface area contributed by atoms with Crippen LogP contribution in [0.4, 0.5) is 5.82 Å². The highest BCUT2D eigenvalue weighted by Gasteiger charge is 2.31. The molecule has 1 aromatic heterocycles. The topological polar surface area (TPSA) is 37.8 Å². The van der Waals surface area contributed by atoms with Crippen molar-refractivity contribution in [1.82, 2.24) is 9.97 Å². The van der Waals surface area contributed by atoms with E-state index in [0.29, 0.717) is 11.3 Å². The molecule has 0 bridgehead atoms. The monoisotopic (exact) mass is 353 g/mol. The third-order valence-corrected chi connectivity index (χ3v) is 5.27. The number of anilines is 1. The molecule has 0 radical (unpaired) electrons. The Hall–Kier alpha value is -0.640. The van der Waals surface area contributed by atoms with E-state index < -0.39 is 0 Å². The minimum Gasteiger partial charge on any atom is -0.372 e. The van der Waals surface area contributed by atoms with Gasteiger partial charge in [0.05, 0.1) is 10.2 Å². The first kappa shape index (κ1) is 16.7. The van der Waals surface area contributed by atoms with Gasteiger partial charge in [-0.2, -0.15) is 0 Å². The molecule has 0 spiro atoms. The predicted octanol–water partition coefficient (Wildman–Crippen LogP) is 5.26. The van der Waals surface area contributed by atoms with Crippen LogP contribution in [0.2, 0.25) is 0 Å². The SMILES string of the molecule is CNc1nc(C2CCC(C)(C)CC2)nc(C(C)(C)C)c1Br. The summed E-state index contributed by atoms with van der Waals surface area (Å²) in [6.07, 6.45) is 4.91. The van der Waals surface area contributed by atoms with Crippen molar-refractivity contribution < 1.29 is 0 Å². The van der Waals surface area contributed by atoms with Crippen molar-refractivity contribution in [3.63, 3.8) is 0 Å². The fourth-order valence-corrected chi connectivity index (χ4v) is 3.94. The van der Waals surface area contributed by atoms with Crippen molar-refractivity contribution in [1.29, 1.82) is 0 Å². The van der Waals surface area contributed by atoms with E-state index >= 15 is 0 Å². The number of halogens is 1. The second-order valence-electron chi connectivity index (χ2n) is 8.03. The maximum Gasteiger partial charge on any atom is 0.144 e. The Morgan fingerprint density at radius 3 is 2.19 bits per heavy atom. The number of nitrogens with one attached hydrogen (secondary N) is 1. The molecule has 1 fully saturated rings. The highest BCUT2D eigenvalue weighted by molar-refractivity contribution is 9.10. The summed E-state index contributed by atoms with van der Waals surface area (Å²) in [5.74, 6) is 2.43. The summed E-state index contributed by atoms with van der Waals surface area (Å²) in [7, 11) is 1.92. The zero-order chi connectivity index (χ0) is 15.8. The second kappa shape index (κ2) is 5.86. The van der Waals surface area contributed by atoms with Crippen LogP contribution in [0.5, 0.6) is 0 Å². The van der Waals surface area contributed by atoms with Crippen LogP contribution in [-0.4, -0.2) is 17.0 Å². The normalized spacial score (nSPS) is 19.6. The molecule has 0 saturated heterocycles. The van der Waals surface area contributed by atoms with E-state index in [1.807, 2.05) is 7.05 Å². The maximum atomic E-state index is 4.93. The van der Waals surface area contributed by atoms with Gasteiger partial charge in [0.1, 0.15) is 11.6 Å². The Labute approximate surface area is 137 Å². The zero-order valence-corrected chi connectivity index (χ0v) is 15.8. The molecule has 4 heteroatoms. The summed E-state index contributed by atoms with van der Waals surface area (Å²) in [6, 6.07) is 0. The molecule has 3 nitrogen and oxygen atoms in total. The van der Waals surface area contributed by atoms with Crippen molar-refractivity contribution in [2.24, 2.45) is 5.41 Å². The number of hydrogen-bond acceptors (Lipinski definition) is 3. The van der Waals surface area contributed by atoms with Gasteiger partial charge >= 0.3 is 0 Å². The van der Waals surface area contributed by atoms with E-state index in [0.717, 1.165) is 21.8 Å². The summed E-state index contributed by atoms with van der Waals surface area (Å²) >= 11 is 3.67. The average Bonchev–Trinajstić information content (AvgIpc) is 2.38. The van der Waals surface area contributed by atoms with Crippen LogP contribution in [-0.2, 0) is 5.41 Å². The minimum absolute atomic E-state index is 0.00998. The van der Waals surface area contributed by atoms with Crippen LogP contribution in [0.15, 0.2) is 4.47 Å². The second-order valence-corrected chi connectivity index (χ2v) is 8.82. The molecule has 1 N–H and O–H groups in total. The lowest BCUT2D eigenvalue weighted by molar-refractivity contribution is 0.220. The van der Waals surface area contributed by atoms with Crippen LogP contribution in [0.3, 0.4) is 0 Å². The van der Waals surface area contributed by atoms with E-state index in [9.17, 15) is 0 Å². The lowest BCUT2D eigenvalue weighted by atomic mass is 9.73. The van der Waals surface area contributed by atoms with Crippen molar-refractivity contribution in [3.05, 3.63) is 16.0 Å². The van der Waals surface area contributed by atoms with E-state index in [2.05, 4.69) is 55.9 Å². The number of nitrogens with zero attached hydrogens (tertiary/aromatic N) is 2. The van der Waals surface area contributed by atoms with Crippen molar-refractivity contribution in [3.8, 4) is 0 Å². The van der Waals surface area contributed by atoms with Gasteiger partial charge in [0.15, 0.2) is 0 Å². The first-order chi connectivity index (χ1) is 9.64. The number of aromatic nitrogens is 2. The summed E-state index contributed by atoms with van der Waals surface area (Å²) in [5.41, 5.74) is 1.59. The highest BCUT2D eigenvalue weighted by Crippen LogP contribution is 2.43. The fraction of sp³-hybridized carbons (Fsp3) is 0.765. The molecule has 1 heterocycles. The third-order valence-electron chi connectivity index (χ3n) is 4.52. The summed E-state index contributed by atoms with van der Waals surface area (Å²) in [6.45, 7) is 11.3. The average molecular weight is 354 g/mol. The third kappa shape index (κ3) is 3.77. The van der Waals surface area contributed by atoms with Gasteiger partial charge in [-0.15, -0.1) is 0 Å². The molecule has 1 saturated carbocycles. The van der Waals surface area contributed by atoms with Gasteiger partial charge in [-0.3, -0.25) is 0 Å². The quantitative estimate of drug-likeness (QED) is 0.787. The van der Waals surface area contributed by atoms with Crippen LogP contribution in [0.25, 0.3) is 0 Å². The Kier molecular flexibility index (Phi) is 4.67. The van der Waals surface area contributed by atoms with E-state index in [-0.39, 0.29) is 5.41 Å². The first-order valence-corrected chi connectivity index (χ1v) is 8.69. The van der Waals surface area contributed by atoms with Gasteiger partial charge in [-0.05, 0) is 47.0 Å². The van der Waals surface area contributed by atoms with Crippen molar-refractivity contribution >= 4 is 21.7 Å². The van der Waals surface area contributed by atoms with Gasteiger partial charge < -0.3 is 5.32 Å². The number of hydrogen-bond donors (Lipinski definition) is 1. The highest BCUT2D eigenvalue weighted by atomic mass is 79.9. The molecule has 0 amide bonds. The van der Waals surface area contributed by atoms with Gasteiger partial charge in [-0.1, -0.05) is 34.6 Å². The Balaban J connectivity index is 2.37. The predicted molar refractivity (Wildman–Crippen MR) is 93.0 cm³/mol. The maximum absolute atomic E-state index is 4.93. The largest absolute Gasteiger partial charge is 0.372 e. The number of rotatable bonds is 2. The molecular formula is C17H28BrN3. The van der Waals surface area contributed by atoms with Crippen LogP contribution in [0.1, 0.15) is 77.7 Å². The zero-order valence-electron chi connectivity index (χ0n) is 14.2. The molecule has 21 heavy (non-hydrogen) atoms. The lowest BCUT2D eigenvalue weighted by Crippen LogP contribution is -2.23. The molecule has 0 aliphatic heterocycles. The Morgan fingerprint density at radius 1 is 1.14 bits per heavy atom. The molecule has 118 valence electrons. The summed E-state index contributed by atoms with van der Waals surface area (Å²) < 4.78 is 0.998. The molecule has 2 rings (SSSR count). The smallest absolute Gasteiger partial charge is 0.144 e. The minimum atomic E-state index is 0.00998. The van der Waals surface area contributed by atoms with Crippen LogP contribution >= 0.6 is 15.9 Å². The van der Waals surface area contributed by atoms with Gasteiger partial charge in [0.25, 0.3) is 0 Å². The van der Waals surface area contributed by atoms with Crippen LogP contribution < -0.4 is 5.32 Å². The van der Waals surface area contributed by atoms with Crippen molar-refractivity contribution in [2.45, 2.75) is 71.6 Å². The lowest BCUT2D eigenvalue weighted by Gasteiger charge is -2.34. The first-order valence-electron chi connectivity index (χ1n) is 7.90. The van der Waals surface area contributed by atoms with E-state index in [1.54, 1.807) is 0 Å². The standard InChI is InChI=1S/C17H28BrN3/c1-16(2,3)13-12(18)15(19-6)21-14(20-13)11-7-9-17(4,5)10-8-11/h11H,7-10H2,1-6H3,(H,19,20,21). The Bertz CT molecular complexity index is 508. The van der Waals surface area contributed by atoms with Crippen molar-refractivity contribution in [2.75, 3.05) is 12.4 Å². The molecule has 0 atom stereocenters. The molecule has 0 unspecified atom stereocenters. The van der Waals surface area contributed by atoms with Crippen LogP contribution in [0, 0.1) is 5.41 Å². The summed E-state index contributed by atoms with van der Waals surface area (Å²) in [4.78, 5) is 9.69. The molecule has 1 aliphatic rings. The van der Waals surface area contributed by atoms with E-state index in [4.69, 9.17) is 9.97 Å². The van der Waals surface area contributed by atoms with Gasteiger partial charge in [-0.25, -0.2) is 9.97 Å². The van der Waals surface area contributed by atoms with Gasteiger partial charge in [0, 0.05) is 18.4 Å². The van der Waals surface area contributed by atoms with E-state index in [1.165, 1.54) is 25.7 Å². The Morgan fingerprint density at radius 2 is 1.71 bits per heavy atom. The fourth-order valence-electron chi connectivity index (χ4n) is 2.97. The molecule has 1 aromatic rings. The summed E-state index contributed by atoms with van der Waals surface area (Å²) in [5, 5.41) is 3.21. The molecular weight excluding hydrogens is 326 g/mol. The molecule has 0 aromatic carbocycles. The molecule has 1 aliphatic carbocycles.